The van der Waals surface area contributed by atoms with Crippen LogP contribution in [0, 0.1) is 5.92 Å². The molecule has 1 aromatic rings. The minimum atomic E-state index is -0.0326. The van der Waals surface area contributed by atoms with Gasteiger partial charge in [-0.3, -0.25) is 9.59 Å². The summed E-state index contributed by atoms with van der Waals surface area (Å²) in [5, 5.41) is 3.17. The maximum absolute atomic E-state index is 13.0. The number of carbonyl (C=O) groups is 3. The van der Waals surface area contributed by atoms with Gasteiger partial charge in [-0.1, -0.05) is 49.6 Å². The molecule has 178 valence electrons. The predicted molar refractivity (Wildman–Crippen MR) is 128 cm³/mol. The smallest absolute Gasteiger partial charge is 0.317 e. The van der Waals surface area contributed by atoms with Crippen LogP contribution in [0.1, 0.15) is 50.5 Å². The third-order valence-electron chi connectivity index (χ3n) is 7.19. The van der Waals surface area contributed by atoms with Crippen molar-refractivity contribution in [3.63, 3.8) is 0 Å². The number of benzene rings is 1. The maximum atomic E-state index is 13.0. The zero-order valence-electron chi connectivity index (χ0n) is 19.5. The Morgan fingerprint density at radius 3 is 2.06 bits per heavy atom. The Balaban J connectivity index is 1.18. The van der Waals surface area contributed by atoms with Gasteiger partial charge in [0, 0.05) is 57.3 Å². The van der Waals surface area contributed by atoms with Crippen LogP contribution in [0.15, 0.2) is 36.4 Å². The molecule has 2 saturated heterocycles. The summed E-state index contributed by atoms with van der Waals surface area (Å²) in [4.78, 5) is 43.7. The van der Waals surface area contributed by atoms with Crippen molar-refractivity contribution in [3.05, 3.63) is 42.0 Å². The molecule has 0 atom stereocenters. The highest BCUT2D eigenvalue weighted by atomic mass is 16.2. The molecule has 0 unspecified atom stereocenters. The van der Waals surface area contributed by atoms with Gasteiger partial charge in [-0.05, 0) is 37.3 Å². The zero-order chi connectivity index (χ0) is 23.0. The Hall–Kier alpha value is -2.83. The quantitative estimate of drug-likeness (QED) is 0.714. The van der Waals surface area contributed by atoms with Crippen molar-refractivity contribution in [1.82, 2.24) is 20.0 Å². The second-order valence-electron chi connectivity index (χ2n) is 9.44. The van der Waals surface area contributed by atoms with Crippen LogP contribution in [0.2, 0.25) is 0 Å². The first-order valence-electron chi connectivity index (χ1n) is 12.5. The van der Waals surface area contributed by atoms with E-state index < -0.39 is 0 Å². The average molecular weight is 453 g/mol. The minimum Gasteiger partial charge on any atom is -0.339 e. The van der Waals surface area contributed by atoms with Crippen molar-refractivity contribution in [2.24, 2.45) is 5.92 Å². The van der Waals surface area contributed by atoms with Crippen molar-refractivity contribution in [2.75, 3.05) is 39.3 Å². The van der Waals surface area contributed by atoms with Crippen molar-refractivity contribution < 1.29 is 14.4 Å². The summed E-state index contributed by atoms with van der Waals surface area (Å²) in [6, 6.07) is 10.1. The van der Waals surface area contributed by atoms with E-state index in [0.717, 1.165) is 18.4 Å². The van der Waals surface area contributed by atoms with Crippen molar-refractivity contribution in [2.45, 2.75) is 51.0 Å². The molecule has 2 aliphatic heterocycles. The Morgan fingerprint density at radius 2 is 1.39 bits per heavy atom. The summed E-state index contributed by atoms with van der Waals surface area (Å²) in [6.45, 7) is 3.58. The molecule has 7 nitrogen and oxygen atoms in total. The molecular weight excluding hydrogens is 416 g/mol. The Morgan fingerprint density at radius 1 is 0.758 bits per heavy atom. The van der Waals surface area contributed by atoms with E-state index in [1.807, 2.05) is 51.1 Å². The molecule has 7 heteroatoms. The van der Waals surface area contributed by atoms with Gasteiger partial charge in [0.05, 0.1) is 0 Å². The van der Waals surface area contributed by atoms with Gasteiger partial charge in [0.25, 0.3) is 0 Å². The van der Waals surface area contributed by atoms with Crippen LogP contribution in [0.3, 0.4) is 0 Å². The van der Waals surface area contributed by atoms with Crippen LogP contribution < -0.4 is 5.32 Å². The average Bonchev–Trinajstić information content (AvgIpc) is 2.88. The van der Waals surface area contributed by atoms with E-state index >= 15 is 0 Å². The van der Waals surface area contributed by atoms with E-state index in [0.29, 0.717) is 58.2 Å². The summed E-state index contributed by atoms with van der Waals surface area (Å²) in [6.07, 6.45) is 10.7. The Kier molecular flexibility index (Phi) is 8.02. The summed E-state index contributed by atoms with van der Waals surface area (Å²) in [5.41, 5.74) is 1.00. The number of piperazine rings is 1. The van der Waals surface area contributed by atoms with Crippen LogP contribution in [0.25, 0.3) is 6.08 Å². The molecule has 33 heavy (non-hydrogen) atoms. The molecule has 1 saturated carbocycles. The fourth-order valence-corrected chi connectivity index (χ4v) is 5.08. The molecule has 2 heterocycles. The number of amides is 4. The molecule has 1 aromatic carbocycles. The van der Waals surface area contributed by atoms with Crippen LogP contribution in [0.4, 0.5) is 4.79 Å². The summed E-state index contributed by atoms with van der Waals surface area (Å²) >= 11 is 0. The lowest BCUT2D eigenvalue weighted by atomic mass is 9.94. The number of nitrogens with one attached hydrogen (secondary N) is 1. The van der Waals surface area contributed by atoms with Gasteiger partial charge in [-0.15, -0.1) is 0 Å². The lowest BCUT2D eigenvalue weighted by Gasteiger charge is -2.39. The van der Waals surface area contributed by atoms with Crippen LogP contribution >= 0.6 is 0 Å². The first kappa shape index (κ1) is 23.3. The van der Waals surface area contributed by atoms with Crippen molar-refractivity contribution in [3.8, 4) is 0 Å². The third kappa shape index (κ3) is 6.36. The van der Waals surface area contributed by atoms with Gasteiger partial charge in [0.2, 0.25) is 11.8 Å². The highest BCUT2D eigenvalue weighted by Gasteiger charge is 2.32. The maximum Gasteiger partial charge on any atom is 0.317 e. The van der Waals surface area contributed by atoms with Gasteiger partial charge in [0.15, 0.2) is 0 Å². The van der Waals surface area contributed by atoms with E-state index in [-0.39, 0.29) is 23.8 Å². The monoisotopic (exact) mass is 452 g/mol. The van der Waals surface area contributed by atoms with E-state index in [9.17, 15) is 14.4 Å². The molecule has 1 aliphatic carbocycles. The highest BCUT2D eigenvalue weighted by Crippen LogP contribution is 2.22. The van der Waals surface area contributed by atoms with E-state index in [1.165, 1.54) is 19.3 Å². The topological polar surface area (TPSA) is 73.0 Å². The molecular formula is C26H36N4O3. The normalized spacial score (nSPS) is 20.8. The number of hydrogen-bond donors (Lipinski definition) is 1. The molecule has 0 spiro atoms. The predicted octanol–water partition coefficient (Wildman–Crippen LogP) is 3.12. The molecule has 0 aromatic heterocycles. The standard InChI is InChI=1S/C26H36N4O3/c31-24(12-11-21-7-3-1-4-8-21)28-15-13-22(14-16-28)25(32)29-17-19-30(20-18-29)26(33)27-23-9-5-2-6-10-23/h1,3-4,7-8,11-12,22-23H,2,5-6,9-10,13-20H2,(H,27,33)/b12-11+. The van der Waals surface area contributed by atoms with Crippen LogP contribution in [-0.4, -0.2) is 77.9 Å². The third-order valence-corrected chi connectivity index (χ3v) is 7.19. The highest BCUT2D eigenvalue weighted by molar-refractivity contribution is 5.92. The van der Waals surface area contributed by atoms with Gasteiger partial charge in [0.1, 0.15) is 0 Å². The molecule has 3 aliphatic rings. The zero-order valence-corrected chi connectivity index (χ0v) is 19.5. The molecule has 3 fully saturated rings. The lowest BCUT2D eigenvalue weighted by molar-refractivity contribution is -0.140. The van der Waals surface area contributed by atoms with Gasteiger partial charge in [-0.2, -0.15) is 0 Å². The molecule has 4 rings (SSSR count). The minimum absolute atomic E-state index is 0.00217. The summed E-state index contributed by atoms with van der Waals surface area (Å²) < 4.78 is 0. The fraction of sp³-hybridized carbons (Fsp3) is 0.577. The molecule has 1 N–H and O–H groups in total. The SMILES string of the molecule is O=C(/C=C/c1ccccc1)N1CCC(C(=O)N2CCN(C(=O)NC3CCCCC3)CC2)CC1. The number of urea groups is 1. The summed E-state index contributed by atoms with van der Waals surface area (Å²) in [7, 11) is 0. The van der Waals surface area contributed by atoms with Crippen molar-refractivity contribution >= 4 is 23.9 Å². The van der Waals surface area contributed by atoms with Crippen LogP contribution in [-0.2, 0) is 9.59 Å². The summed E-state index contributed by atoms with van der Waals surface area (Å²) in [5.74, 6) is 0.145. The number of piperidine rings is 1. The van der Waals surface area contributed by atoms with E-state index in [4.69, 9.17) is 0 Å². The van der Waals surface area contributed by atoms with E-state index in [1.54, 1.807) is 6.08 Å². The van der Waals surface area contributed by atoms with Gasteiger partial charge in [-0.25, -0.2) is 4.79 Å². The number of rotatable bonds is 4. The van der Waals surface area contributed by atoms with Gasteiger partial charge >= 0.3 is 6.03 Å². The van der Waals surface area contributed by atoms with Crippen molar-refractivity contribution in [1.29, 1.82) is 0 Å². The second kappa shape index (κ2) is 11.3. The Bertz CT molecular complexity index is 834. The molecule has 0 bridgehead atoms. The number of carbonyl (C=O) groups excluding carboxylic acids is 3. The first-order chi connectivity index (χ1) is 16.1. The number of nitrogens with zero attached hydrogens (tertiary/aromatic N) is 3. The molecule has 0 radical (unpaired) electrons. The van der Waals surface area contributed by atoms with Gasteiger partial charge < -0.3 is 20.0 Å². The van der Waals surface area contributed by atoms with Crippen LogP contribution in [0.5, 0.6) is 0 Å². The molecule has 4 amide bonds. The number of likely N-dealkylation sites (tertiary alicyclic amines) is 1. The van der Waals surface area contributed by atoms with E-state index in [2.05, 4.69) is 5.32 Å². The number of hydrogen-bond acceptors (Lipinski definition) is 3. The first-order valence-corrected chi connectivity index (χ1v) is 12.5. The lowest BCUT2D eigenvalue weighted by Crippen LogP contribution is -2.56. The Labute approximate surface area is 196 Å². The largest absolute Gasteiger partial charge is 0.339 e. The fourth-order valence-electron chi connectivity index (χ4n) is 5.08. The second-order valence-corrected chi connectivity index (χ2v) is 9.44.